The molecular weight excluding hydrogens is 246 g/mol. The molecule has 2 aromatic heterocycles. The number of pyridine rings is 1. The van der Waals surface area contributed by atoms with Gasteiger partial charge in [-0.25, -0.2) is 9.97 Å². The highest BCUT2D eigenvalue weighted by atomic mass is 32.1. The summed E-state index contributed by atoms with van der Waals surface area (Å²) < 4.78 is 5.08. The summed E-state index contributed by atoms with van der Waals surface area (Å²) in [7, 11) is 1.63. The molecule has 0 amide bonds. The molecule has 0 radical (unpaired) electrons. The monoisotopic (exact) mass is 263 g/mol. The van der Waals surface area contributed by atoms with Crippen LogP contribution in [0.15, 0.2) is 24.5 Å². The van der Waals surface area contributed by atoms with Crippen molar-refractivity contribution in [3.8, 4) is 5.75 Å². The highest BCUT2D eigenvalue weighted by molar-refractivity contribution is 7.11. The van der Waals surface area contributed by atoms with Gasteiger partial charge in [-0.15, -0.1) is 11.3 Å². The van der Waals surface area contributed by atoms with Crippen LogP contribution in [-0.2, 0) is 6.42 Å². The first-order valence-corrected chi connectivity index (χ1v) is 6.75. The Morgan fingerprint density at radius 2 is 2.17 bits per heavy atom. The molecule has 96 valence electrons. The Hall–Kier alpha value is -1.62. The van der Waals surface area contributed by atoms with Gasteiger partial charge in [-0.2, -0.15) is 0 Å². The molecule has 2 aromatic rings. The van der Waals surface area contributed by atoms with Gasteiger partial charge in [0.25, 0.3) is 0 Å². The largest absolute Gasteiger partial charge is 0.495 e. The van der Waals surface area contributed by atoms with Crippen LogP contribution in [-0.4, -0.2) is 17.1 Å². The van der Waals surface area contributed by atoms with E-state index in [-0.39, 0.29) is 6.04 Å². The predicted molar refractivity (Wildman–Crippen MR) is 74.3 cm³/mol. The Kier molecular flexibility index (Phi) is 4.15. The van der Waals surface area contributed by atoms with Crippen molar-refractivity contribution in [1.29, 1.82) is 0 Å². The highest BCUT2D eigenvalue weighted by Crippen LogP contribution is 2.23. The van der Waals surface area contributed by atoms with E-state index in [2.05, 4.69) is 29.1 Å². The molecule has 0 saturated heterocycles. The molecule has 0 aliphatic heterocycles. The van der Waals surface area contributed by atoms with Crippen molar-refractivity contribution in [3.63, 3.8) is 0 Å². The number of nitrogens with one attached hydrogen (secondary N) is 1. The molecule has 0 aromatic carbocycles. The summed E-state index contributed by atoms with van der Waals surface area (Å²) in [6.45, 7) is 4.23. The molecule has 0 spiro atoms. The molecular formula is C13H17N3OS. The van der Waals surface area contributed by atoms with Gasteiger partial charge in [0.05, 0.1) is 19.3 Å². The minimum absolute atomic E-state index is 0.163. The van der Waals surface area contributed by atoms with E-state index < -0.39 is 0 Å². The van der Waals surface area contributed by atoms with E-state index in [1.807, 2.05) is 18.3 Å². The molecule has 1 atom stereocenters. The minimum atomic E-state index is 0.163. The first-order valence-electron chi connectivity index (χ1n) is 5.94. The second-order valence-electron chi connectivity index (χ2n) is 3.97. The molecule has 2 rings (SSSR count). The Bertz CT molecular complexity index is 495. The summed E-state index contributed by atoms with van der Waals surface area (Å²) >= 11 is 1.74. The van der Waals surface area contributed by atoms with Gasteiger partial charge in [0, 0.05) is 11.1 Å². The molecule has 18 heavy (non-hydrogen) atoms. The Morgan fingerprint density at radius 3 is 2.72 bits per heavy atom. The van der Waals surface area contributed by atoms with Crippen LogP contribution >= 0.6 is 11.3 Å². The predicted octanol–water partition coefficient (Wildman–Crippen LogP) is 3.28. The number of hydrogen-bond donors (Lipinski definition) is 1. The average Bonchev–Trinajstić information content (AvgIpc) is 2.88. The van der Waals surface area contributed by atoms with Crippen molar-refractivity contribution in [2.75, 3.05) is 12.4 Å². The van der Waals surface area contributed by atoms with Crippen LogP contribution in [0.25, 0.3) is 0 Å². The fourth-order valence-corrected chi connectivity index (χ4v) is 2.42. The summed E-state index contributed by atoms with van der Waals surface area (Å²) in [5.74, 6) is 1.59. The lowest BCUT2D eigenvalue weighted by atomic mass is 10.3. The van der Waals surface area contributed by atoms with Crippen LogP contribution in [0.1, 0.15) is 29.8 Å². The maximum Gasteiger partial charge on any atom is 0.137 e. The van der Waals surface area contributed by atoms with Crippen molar-refractivity contribution >= 4 is 17.2 Å². The standard InChI is InChI=1S/C13H17N3OS/c1-4-11-8-15-13(18-11)9(2)16-12-6-5-10(17-3)7-14-12/h5-9H,4H2,1-3H3,(H,14,16). The normalized spacial score (nSPS) is 12.2. The number of aromatic nitrogens is 2. The molecule has 5 heteroatoms. The number of hydrogen-bond acceptors (Lipinski definition) is 5. The molecule has 0 aliphatic carbocycles. The number of methoxy groups -OCH3 is 1. The second-order valence-corrected chi connectivity index (χ2v) is 5.11. The third-order valence-electron chi connectivity index (χ3n) is 2.63. The van der Waals surface area contributed by atoms with Crippen LogP contribution in [0, 0.1) is 0 Å². The fourth-order valence-electron chi connectivity index (χ4n) is 1.56. The van der Waals surface area contributed by atoms with E-state index in [1.54, 1.807) is 24.6 Å². The van der Waals surface area contributed by atoms with Crippen molar-refractivity contribution in [3.05, 3.63) is 34.4 Å². The van der Waals surface area contributed by atoms with Gasteiger partial charge in [-0.1, -0.05) is 6.92 Å². The summed E-state index contributed by atoms with van der Waals surface area (Å²) in [6.07, 6.45) is 4.68. The number of anilines is 1. The maximum atomic E-state index is 5.08. The van der Waals surface area contributed by atoms with Gasteiger partial charge in [0.2, 0.25) is 0 Å². The molecule has 0 saturated carbocycles. The smallest absolute Gasteiger partial charge is 0.137 e. The number of ether oxygens (including phenoxy) is 1. The molecule has 0 aliphatic rings. The lowest BCUT2D eigenvalue weighted by molar-refractivity contribution is 0.413. The van der Waals surface area contributed by atoms with Crippen molar-refractivity contribution in [1.82, 2.24) is 9.97 Å². The number of thiazole rings is 1. The summed E-state index contributed by atoms with van der Waals surface area (Å²) in [6, 6.07) is 3.96. The van der Waals surface area contributed by atoms with Crippen LogP contribution in [0.2, 0.25) is 0 Å². The summed E-state index contributed by atoms with van der Waals surface area (Å²) in [4.78, 5) is 10.0. The molecule has 2 heterocycles. The van der Waals surface area contributed by atoms with Crippen LogP contribution in [0.3, 0.4) is 0 Å². The molecule has 1 unspecified atom stereocenters. The Balaban J connectivity index is 2.03. The second kappa shape index (κ2) is 5.82. The van der Waals surface area contributed by atoms with Crippen LogP contribution < -0.4 is 10.1 Å². The van der Waals surface area contributed by atoms with E-state index in [0.717, 1.165) is 23.0 Å². The van der Waals surface area contributed by atoms with Gasteiger partial charge < -0.3 is 10.1 Å². The van der Waals surface area contributed by atoms with E-state index in [9.17, 15) is 0 Å². The zero-order valence-electron chi connectivity index (χ0n) is 10.8. The van der Waals surface area contributed by atoms with Crippen molar-refractivity contribution in [2.24, 2.45) is 0 Å². The van der Waals surface area contributed by atoms with Crippen molar-refractivity contribution in [2.45, 2.75) is 26.3 Å². The van der Waals surface area contributed by atoms with Gasteiger partial charge in [0.15, 0.2) is 0 Å². The summed E-state index contributed by atoms with van der Waals surface area (Å²) in [5.41, 5.74) is 0. The van der Waals surface area contributed by atoms with Gasteiger partial charge >= 0.3 is 0 Å². The third-order valence-corrected chi connectivity index (χ3v) is 3.95. The van der Waals surface area contributed by atoms with E-state index in [0.29, 0.717) is 0 Å². The molecule has 1 N–H and O–H groups in total. The summed E-state index contributed by atoms with van der Waals surface area (Å²) in [5, 5.41) is 4.42. The van der Waals surface area contributed by atoms with E-state index in [4.69, 9.17) is 4.74 Å². The van der Waals surface area contributed by atoms with Crippen LogP contribution in [0.5, 0.6) is 5.75 Å². The topological polar surface area (TPSA) is 47.0 Å². The Labute approximate surface area is 111 Å². The average molecular weight is 263 g/mol. The molecule has 0 fully saturated rings. The number of aryl methyl sites for hydroxylation is 1. The van der Waals surface area contributed by atoms with Gasteiger partial charge in [0.1, 0.15) is 16.6 Å². The quantitative estimate of drug-likeness (QED) is 0.899. The van der Waals surface area contributed by atoms with Crippen LogP contribution in [0.4, 0.5) is 5.82 Å². The molecule has 0 bridgehead atoms. The minimum Gasteiger partial charge on any atom is -0.495 e. The Morgan fingerprint density at radius 1 is 1.33 bits per heavy atom. The number of nitrogens with zero attached hydrogens (tertiary/aromatic N) is 2. The van der Waals surface area contributed by atoms with E-state index in [1.165, 1.54) is 4.88 Å². The van der Waals surface area contributed by atoms with Crippen molar-refractivity contribution < 1.29 is 4.74 Å². The fraction of sp³-hybridized carbons (Fsp3) is 0.385. The maximum absolute atomic E-state index is 5.08. The third kappa shape index (κ3) is 2.98. The first kappa shape index (κ1) is 12.8. The lowest BCUT2D eigenvalue weighted by Crippen LogP contribution is -2.07. The highest BCUT2D eigenvalue weighted by Gasteiger charge is 2.10. The van der Waals surface area contributed by atoms with Gasteiger partial charge in [-0.3, -0.25) is 0 Å². The lowest BCUT2D eigenvalue weighted by Gasteiger charge is -2.11. The van der Waals surface area contributed by atoms with Gasteiger partial charge in [-0.05, 0) is 25.5 Å². The first-order chi connectivity index (χ1) is 8.72. The number of rotatable bonds is 5. The molecule has 4 nitrogen and oxygen atoms in total. The van der Waals surface area contributed by atoms with E-state index >= 15 is 0 Å². The zero-order valence-corrected chi connectivity index (χ0v) is 11.6. The SMILES string of the molecule is CCc1cnc(C(C)Nc2ccc(OC)cn2)s1. The zero-order chi connectivity index (χ0) is 13.0.